The molecule has 1 heterocycles. The maximum absolute atomic E-state index is 13.9. The summed E-state index contributed by atoms with van der Waals surface area (Å²) in [5.74, 6) is 0. The zero-order valence-electron chi connectivity index (χ0n) is 16.8. The first-order chi connectivity index (χ1) is 15.4. The van der Waals surface area contributed by atoms with Crippen LogP contribution < -0.4 is 5.56 Å². The predicted molar refractivity (Wildman–Crippen MR) is 120 cm³/mol. The lowest BCUT2D eigenvalue weighted by atomic mass is 10.1. The van der Waals surface area contributed by atoms with E-state index in [9.17, 15) is 17.1 Å². The molecule has 0 saturated carbocycles. The Hall–Kier alpha value is -4.05. The second-order valence-electron chi connectivity index (χ2n) is 6.73. The lowest BCUT2D eigenvalue weighted by Gasteiger charge is -2.10. The molecule has 0 aliphatic heterocycles. The SMILES string of the molecule is Cc1c(N=Nc2ccccc2N=Nc2ccccc2)c(=O)n(S(=O)(=O)F)c2ccccc12. The molecule has 8 nitrogen and oxygen atoms in total. The second kappa shape index (κ2) is 8.60. The highest BCUT2D eigenvalue weighted by Crippen LogP contribution is 2.32. The van der Waals surface area contributed by atoms with Gasteiger partial charge in [-0.2, -0.15) is 17.5 Å². The summed E-state index contributed by atoms with van der Waals surface area (Å²) in [6.45, 7) is 1.59. The first kappa shape index (κ1) is 21.2. The van der Waals surface area contributed by atoms with Crippen LogP contribution >= 0.6 is 0 Å². The number of nitrogens with zero attached hydrogens (tertiary/aromatic N) is 5. The molecule has 4 rings (SSSR count). The van der Waals surface area contributed by atoms with E-state index in [1.165, 1.54) is 12.1 Å². The van der Waals surface area contributed by atoms with Crippen LogP contribution in [0.1, 0.15) is 5.56 Å². The van der Waals surface area contributed by atoms with Crippen molar-refractivity contribution in [3.05, 3.63) is 94.8 Å². The van der Waals surface area contributed by atoms with Crippen LogP contribution in [0.25, 0.3) is 10.9 Å². The number of aromatic nitrogens is 1. The molecule has 4 aromatic rings. The number of fused-ring (bicyclic) bond motifs is 1. The van der Waals surface area contributed by atoms with Gasteiger partial charge in [-0.1, -0.05) is 52.4 Å². The van der Waals surface area contributed by atoms with Crippen molar-refractivity contribution in [2.45, 2.75) is 6.92 Å². The van der Waals surface area contributed by atoms with Crippen molar-refractivity contribution in [2.24, 2.45) is 20.5 Å². The fraction of sp³-hybridized carbons (Fsp3) is 0.0455. The van der Waals surface area contributed by atoms with E-state index >= 15 is 0 Å². The summed E-state index contributed by atoms with van der Waals surface area (Å²) in [4.78, 5) is 12.8. The Morgan fingerprint density at radius 3 is 1.97 bits per heavy atom. The summed E-state index contributed by atoms with van der Waals surface area (Å²) < 4.78 is 37.4. The molecule has 0 unspecified atom stereocenters. The van der Waals surface area contributed by atoms with E-state index < -0.39 is 16.0 Å². The van der Waals surface area contributed by atoms with Gasteiger partial charge in [-0.15, -0.1) is 15.3 Å². The van der Waals surface area contributed by atoms with Crippen LogP contribution in [-0.2, 0) is 10.4 Å². The second-order valence-corrected chi connectivity index (χ2v) is 7.92. The number of pyridine rings is 1. The minimum Gasteiger partial charge on any atom is -0.266 e. The van der Waals surface area contributed by atoms with Crippen LogP contribution in [0, 0.1) is 6.92 Å². The monoisotopic (exact) mass is 449 g/mol. The Morgan fingerprint density at radius 1 is 0.750 bits per heavy atom. The predicted octanol–water partition coefficient (Wildman–Crippen LogP) is 6.20. The van der Waals surface area contributed by atoms with Gasteiger partial charge in [0.15, 0.2) is 5.69 Å². The van der Waals surface area contributed by atoms with Gasteiger partial charge in [0, 0.05) is 5.39 Å². The molecule has 160 valence electrons. The average molecular weight is 449 g/mol. The fourth-order valence-electron chi connectivity index (χ4n) is 3.14. The topological polar surface area (TPSA) is 106 Å². The van der Waals surface area contributed by atoms with Crippen LogP contribution in [0.4, 0.5) is 26.6 Å². The minimum atomic E-state index is -5.36. The van der Waals surface area contributed by atoms with E-state index in [0.717, 1.165) is 0 Å². The van der Waals surface area contributed by atoms with Gasteiger partial charge in [0.1, 0.15) is 11.4 Å². The number of hydrogen-bond donors (Lipinski definition) is 0. The van der Waals surface area contributed by atoms with Crippen LogP contribution in [0.3, 0.4) is 0 Å². The molecule has 0 saturated heterocycles. The lowest BCUT2D eigenvalue weighted by Crippen LogP contribution is -2.25. The molecule has 0 aliphatic rings. The van der Waals surface area contributed by atoms with Crippen molar-refractivity contribution >= 4 is 44.1 Å². The molecule has 32 heavy (non-hydrogen) atoms. The van der Waals surface area contributed by atoms with Gasteiger partial charge in [-0.25, -0.2) is 0 Å². The van der Waals surface area contributed by atoms with Gasteiger partial charge in [-0.3, -0.25) is 4.79 Å². The van der Waals surface area contributed by atoms with E-state index in [-0.39, 0.29) is 15.2 Å². The molecule has 0 N–H and O–H groups in total. The number of para-hydroxylation sites is 1. The van der Waals surface area contributed by atoms with Crippen molar-refractivity contribution in [3.63, 3.8) is 0 Å². The summed E-state index contributed by atoms with van der Waals surface area (Å²) >= 11 is 0. The molecule has 0 aliphatic carbocycles. The standard InChI is InChI=1S/C22H16FN5O3S/c1-15-17-11-5-8-14-20(17)28(32(23,30)31)22(29)21(15)27-26-19-13-7-6-12-18(19)25-24-16-9-3-2-4-10-16/h2-14H,1H3. The Kier molecular flexibility index (Phi) is 5.69. The number of aryl methyl sites for hydroxylation is 1. The fourth-order valence-corrected chi connectivity index (χ4v) is 3.82. The van der Waals surface area contributed by atoms with Crippen LogP contribution in [0.15, 0.2) is 104 Å². The van der Waals surface area contributed by atoms with Crippen molar-refractivity contribution < 1.29 is 12.3 Å². The minimum absolute atomic E-state index is 0.0755. The van der Waals surface area contributed by atoms with Crippen molar-refractivity contribution in [3.8, 4) is 0 Å². The van der Waals surface area contributed by atoms with Crippen LogP contribution in [0.5, 0.6) is 0 Å². The van der Waals surface area contributed by atoms with E-state index in [1.807, 2.05) is 18.2 Å². The lowest BCUT2D eigenvalue weighted by molar-refractivity contribution is 0.541. The molecule has 3 aromatic carbocycles. The van der Waals surface area contributed by atoms with E-state index in [0.29, 0.717) is 28.0 Å². The van der Waals surface area contributed by atoms with Crippen molar-refractivity contribution in [1.82, 2.24) is 3.97 Å². The molecule has 0 atom stereocenters. The van der Waals surface area contributed by atoms with Crippen LogP contribution in [-0.4, -0.2) is 12.4 Å². The highest BCUT2D eigenvalue weighted by atomic mass is 32.3. The summed E-state index contributed by atoms with van der Waals surface area (Å²) in [6.07, 6.45) is 0. The Morgan fingerprint density at radius 2 is 1.31 bits per heavy atom. The van der Waals surface area contributed by atoms with Gasteiger partial charge in [0.2, 0.25) is 0 Å². The largest absolute Gasteiger partial charge is 0.406 e. The molecular formula is C22H16FN5O3S. The maximum atomic E-state index is 13.9. The normalized spacial score (nSPS) is 12.2. The quantitative estimate of drug-likeness (QED) is 0.267. The third-order valence-corrected chi connectivity index (χ3v) is 5.45. The molecule has 0 fully saturated rings. The molecular weight excluding hydrogens is 433 g/mol. The van der Waals surface area contributed by atoms with Crippen molar-refractivity contribution in [1.29, 1.82) is 0 Å². The van der Waals surface area contributed by atoms with Gasteiger partial charge in [0.25, 0.3) is 5.56 Å². The number of hydrogen-bond acceptors (Lipinski definition) is 7. The van der Waals surface area contributed by atoms with Crippen LogP contribution in [0.2, 0.25) is 0 Å². The molecule has 0 amide bonds. The Labute approximate surface area is 182 Å². The van der Waals surface area contributed by atoms with E-state index in [1.54, 1.807) is 55.5 Å². The number of benzene rings is 3. The smallest absolute Gasteiger partial charge is 0.266 e. The third-order valence-electron chi connectivity index (χ3n) is 4.66. The average Bonchev–Trinajstić information content (AvgIpc) is 2.78. The van der Waals surface area contributed by atoms with Gasteiger partial charge < -0.3 is 0 Å². The van der Waals surface area contributed by atoms with E-state index in [2.05, 4.69) is 20.5 Å². The number of rotatable bonds is 5. The van der Waals surface area contributed by atoms with Crippen molar-refractivity contribution in [2.75, 3.05) is 0 Å². The first-order valence-electron chi connectivity index (χ1n) is 9.43. The maximum Gasteiger partial charge on any atom is 0.406 e. The Balaban J connectivity index is 1.83. The number of azo groups is 2. The summed E-state index contributed by atoms with van der Waals surface area (Å²) in [7, 11) is -5.36. The highest BCUT2D eigenvalue weighted by molar-refractivity contribution is 7.85. The molecule has 0 radical (unpaired) electrons. The van der Waals surface area contributed by atoms with Gasteiger partial charge in [0.05, 0.1) is 11.2 Å². The number of halogens is 1. The molecule has 10 heteroatoms. The summed E-state index contributed by atoms with van der Waals surface area (Å²) in [6, 6.07) is 21.9. The Bertz CT molecular complexity index is 1530. The molecule has 1 aromatic heterocycles. The van der Waals surface area contributed by atoms with Gasteiger partial charge in [-0.05, 0) is 42.8 Å². The molecule has 0 bridgehead atoms. The highest BCUT2D eigenvalue weighted by Gasteiger charge is 2.22. The van der Waals surface area contributed by atoms with Gasteiger partial charge >= 0.3 is 10.4 Å². The molecule has 0 spiro atoms. The first-order valence-corrected chi connectivity index (χ1v) is 10.8. The third kappa shape index (κ3) is 4.21. The summed E-state index contributed by atoms with van der Waals surface area (Å²) in [5.41, 5.74) is 0.202. The summed E-state index contributed by atoms with van der Waals surface area (Å²) in [5, 5.41) is 16.7. The van der Waals surface area contributed by atoms with E-state index in [4.69, 9.17) is 0 Å². The zero-order chi connectivity index (χ0) is 22.7. The zero-order valence-corrected chi connectivity index (χ0v) is 17.6.